The molecule has 7 heteroatoms. The molecule has 0 bridgehead atoms. The summed E-state index contributed by atoms with van der Waals surface area (Å²) in [5, 5.41) is 2.23. The normalized spacial score (nSPS) is 14.8. The molecule has 0 spiro atoms. The third-order valence-corrected chi connectivity index (χ3v) is 5.20. The largest absolute Gasteiger partial charge is 0.490 e. The van der Waals surface area contributed by atoms with Gasteiger partial charge in [0.25, 0.3) is 11.8 Å². The van der Waals surface area contributed by atoms with Crippen LogP contribution in [0.1, 0.15) is 16.7 Å². The van der Waals surface area contributed by atoms with Gasteiger partial charge in [-0.25, -0.2) is 9.69 Å². The number of carbonyl (C=O) groups excluding carboxylic acids is 3. The molecule has 1 aliphatic rings. The maximum absolute atomic E-state index is 13.0. The Hall–Kier alpha value is -4.39. The number of hydrogen-bond acceptors (Lipinski definition) is 5. The number of hydrogen-bond donors (Lipinski definition) is 1. The average Bonchev–Trinajstić information content (AvgIpc) is 2.82. The molecule has 0 atom stereocenters. The van der Waals surface area contributed by atoms with Crippen molar-refractivity contribution >= 4 is 29.6 Å². The van der Waals surface area contributed by atoms with E-state index in [4.69, 9.17) is 9.47 Å². The van der Waals surface area contributed by atoms with E-state index < -0.39 is 17.8 Å². The van der Waals surface area contributed by atoms with Crippen molar-refractivity contribution in [2.75, 3.05) is 18.1 Å². The Balaban J connectivity index is 1.44. The van der Waals surface area contributed by atoms with Crippen molar-refractivity contribution in [3.63, 3.8) is 0 Å². The molecule has 3 aromatic rings. The van der Waals surface area contributed by atoms with Crippen molar-refractivity contribution in [2.24, 2.45) is 0 Å². The van der Waals surface area contributed by atoms with E-state index >= 15 is 0 Å². The molecule has 1 N–H and O–H groups in total. The molecule has 1 fully saturated rings. The third-order valence-electron chi connectivity index (χ3n) is 5.20. The first-order valence-electron chi connectivity index (χ1n) is 10.8. The number of ether oxygens (including phenoxy) is 2. The van der Waals surface area contributed by atoms with E-state index in [1.54, 1.807) is 48.5 Å². The fraction of sp³-hybridized carbons (Fsp3) is 0.148. The number of rotatable bonds is 7. The number of barbiturate groups is 1. The molecule has 0 aromatic heterocycles. The highest BCUT2D eigenvalue weighted by atomic mass is 16.5. The van der Waals surface area contributed by atoms with Gasteiger partial charge >= 0.3 is 6.03 Å². The van der Waals surface area contributed by atoms with Crippen molar-refractivity contribution < 1.29 is 23.9 Å². The number of nitrogens with zero attached hydrogens (tertiary/aromatic N) is 1. The van der Waals surface area contributed by atoms with Crippen LogP contribution in [0.3, 0.4) is 0 Å². The quantitative estimate of drug-likeness (QED) is 0.323. The second-order valence-corrected chi connectivity index (χ2v) is 7.88. The van der Waals surface area contributed by atoms with Crippen molar-refractivity contribution in [3.8, 4) is 11.5 Å². The van der Waals surface area contributed by atoms with Gasteiger partial charge in [-0.05, 0) is 61.9 Å². The van der Waals surface area contributed by atoms with Gasteiger partial charge in [0.1, 0.15) is 30.3 Å². The summed E-state index contributed by atoms with van der Waals surface area (Å²) in [7, 11) is 0. The predicted molar refractivity (Wildman–Crippen MR) is 129 cm³/mol. The molecular weight excluding hydrogens is 432 g/mol. The van der Waals surface area contributed by atoms with Crippen LogP contribution in [0.5, 0.6) is 11.5 Å². The molecule has 3 aromatic carbocycles. The Labute approximate surface area is 197 Å². The average molecular weight is 456 g/mol. The second-order valence-electron chi connectivity index (χ2n) is 7.88. The van der Waals surface area contributed by atoms with Gasteiger partial charge < -0.3 is 9.47 Å². The molecule has 0 aliphatic carbocycles. The molecule has 0 radical (unpaired) electrons. The maximum Gasteiger partial charge on any atom is 0.335 e. The Morgan fingerprint density at radius 1 is 0.794 bits per heavy atom. The lowest BCUT2D eigenvalue weighted by Gasteiger charge is -2.26. The van der Waals surface area contributed by atoms with E-state index in [1.165, 1.54) is 6.08 Å². The zero-order valence-corrected chi connectivity index (χ0v) is 18.9. The van der Waals surface area contributed by atoms with E-state index in [2.05, 4.69) is 5.32 Å². The van der Waals surface area contributed by atoms with E-state index in [1.807, 2.05) is 38.1 Å². The van der Waals surface area contributed by atoms with Crippen LogP contribution in [0.4, 0.5) is 10.5 Å². The lowest BCUT2D eigenvalue weighted by Crippen LogP contribution is -2.54. The van der Waals surface area contributed by atoms with Gasteiger partial charge in [-0.1, -0.05) is 47.5 Å². The zero-order valence-electron chi connectivity index (χ0n) is 18.9. The van der Waals surface area contributed by atoms with Crippen molar-refractivity contribution in [3.05, 3.63) is 95.1 Å². The number of anilines is 1. The van der Waals surface area contributed by atoms with Crippen molar-refractivity contribution in [1.29, 1.82) is 0 Å². The minimum Gasteiger partial charge on any atom is -0.490 e. The molecular formula is C27H24N2O5. The summed E-state index contributed by atoms with van der Waals surface area (Å²) in [6.07, 6.45) is 1.45. The first-order valence-corrected chi connectivity index (χ1v) is 10.8. The van der Waals surface area contributed by atoms with Crippen molar-refractivity contribution in [1.82, 2.24) is 5.32 Å². The minimum absolute atomic E-state index is 0.139. The van der Waals surface area contributed by atoms with Crippen molar-refractivity contribution in [2.45, 2.75) is 13.8 Å². The van der Waals surface area contributed by atoms with Crippen LogP contribution in [0.15, 0.2) is 78.4 Å². The van der Waals surface area contributed by atoms with Gasteiger partial charge in [-0.3, -0.25) is 14.9 Å². The van der Waals surface area contributed by atoms with Crippen LogP contribution >= 0.6 is 0 Å². The summed E-state index contributed by atoms with van der Waals surface area (Å²) in [4.78, 5) is 38.7. The highest BCUT2D eigenvalue weighted by Crippen LogP contribution is 2.23. The third kappa shape index (κ3) is 5.32. The number of imide groups is 2. The van der Waals surface area contributed by atoms with Crippen LogP contribution in [0, 0.1) is 13.8 Å². The number of urea groups is 1. The van der Waals surface area contributed by atoms with Gasteiger partial charge in [0, 0.05) is 0 Å². The summed E-state index contributed by atoms with van der Waals surface area (Å²) < 4.78 is 11.4. The number of nitrogens with one attached hydrogen (secondary N) is 1. The summed E-state index contributed by atoms with van der Waals surface area (Å²) in [5.74, 6) is -0.0919. The lowest BCUT2D eigenvalue weighted by molar-refractivity contribution is -0.122. The minimum atomic E-state index is -0.776. The number of amides is 4. The van der Waals surface area contributed by atoms with E-state index in [0.717, 1.165) is 21.8 Å². The lowest BCUT2D eigenvalue weighted by atomic mass is 10.1. The van der Waals surface area contributed by atoms with Gasteiger partial charge in [-0.15, -0.1) is 0 Å². The second kappa shape index (κ2) is 10.0. The Bertz CT molecular complexity index is 1250. The Morgan fingerprint density at radius 2 is 1.41 bits per heavy atom. The highest BCUT2D eigenvalue weighted by molar-refractivity contribution is 6.39. The molecule has 7 nitrogen and oxygen atoms in total. The number of aryl methyl sites for hydroxylation is 2. The molecule has 4 amide bonds. The van der Waals surface area contributed by atoms with E-state index in [0.29, 0.717) is 30.2 Å². The molecule has 0 unspecified atom stereocenters. The fourth-order valence-electron chi connectivity index (χ4n) is 3.40. The Morgan fingerprint density at radius 3 is 2.09 bits per heavy atom. The van der Waals surface area contributed by atoms with Gasteiger partial charge in [0.15, 0.2) is 0 Å². The van der Waals surface area contributed by atoms with E-state index in [-0.39, 0.29) is 5.57 Å². The Kier molecular flexibility index (Phi) is 6.73. The SMILES string of the molecule is Cc1ccc(OCCOc2cccc(C=C3C(=O)NC(=O)N(c4ccc(C)cc4)C3=O)c2)cc1. The van der Waals surface area contributed by atoms with Crippen LogP contribution < -0.4 is 19.7 Å². The van der Waals surface area contributed by atoms with Gasteiger partial charge in [0.05, 0.1) is 5.69 Å². The molecule has 0 saturated carbocycles. The molecule has 1 saturated heterocycles. The van der Waals surface area contributed by atoms with Crippen LogP contribution in [0.25, 0.3) is 6.08 Å². The number of benzene rings is 3. The van der Waals surface area contributed by atoms with Gasteiger partial charge in [-0.2, -0.15) is 0 Å². The monoisotopic (exact) mass is 456 g/mol. The van der Waals surface area contributed by atoms with E-state index in [9.17, 15) is 14.4 Å². The maximum atomic E-state index is 13.0. The molecule has 34 heavy (non-hydrogen) atoms. The van der Waals surface area contributed by atoms with Crippen LogP contribution in [-0.2, 0) is 9.59 Å². The zero-order chi connectivity index (χ0) is 24.1. The highest BCUT2D eigenvalue weighted by Gasteiger charge is 2.36. The smallest absolute Gasteiger partial charge is 0.335 e. The summed E-state index contributed by atoms with van der Waals surface area (Å²) in [6, 6.07) is 20.9. The fourth-order valence-corrected chi connectivity index (χ4v) is 3.40. The summed E-state index contributed by atoms with van der Waals surface area (Å²) in [5.41, 5.74) is 2.98. The summed E-state index contributed by atoms with van der Waals surface area (Å²) >= 11 is 0. The topological polar surface area (TPSA) is 84.9 Å². The molecule has 4 rings (SSSR count). The first-order chi connectivity index (χ1) is 16.4. The molecule has 172 valence electrons. The first kappa shape index (κ1) is 22.8. The molecule has 1 aliphatic heterocycles. The molecule has 1 heterocycles. The van der Waals surface area contributed by atoms with Gasteiger partial charge in [0.2, 0.25) is 0 Å². The van der Waals surface area contributed by atoms with Crippen LogP contribution in [0.2, 0.25) is 0 Å². The predicted octanol–water partition coefficient (Wildman–Crippen LogP) is 4.43. The van der Waals surface area contributed by atoms with Crippen LogP contribution in [-0.4, -0.2) is 31.1 Å². The number of carbonyl (C=O) groups is 3. The standard InChI is InChI=1S/C27H24N2O5/c1-18-6-10-21(11-7-18)29-26(31)24(25(30)28-27(29)32)17-20-4-3-5-23(16-20)34-15-14-33-22-12-8-19(2)9-13-22/h3-13,16-17H,14-15H2,1-2H3,(H,28,30,32). The summed E-state index contributed by atoms with van der Waals surface area (Å²) in [6.45, 7) is 4.60.